The lowest BCUT2D eigenvalue weighted by molar-refractivity contribution is 0.102. The Morgan fingerprint density at radius 3 is 2.00 bits per heavy atom. The Bertz CT molecular complexity index is 724. The average Bonchev–Trinajstić information content (AvgIpc) is 2.56. The second kappa shape index (κ2) is 7.12. The number of methoxy groups -OCH3 is 3. The quantitative estimate of drug-likeness (QED) is 0.823. The molecule has 0 fully saturated rings. The van der Waals surface area contributed by atoms with Gasteiger partial charge in [-0.2, -0.15) is 0 Å². The molecule has 0 saturated carbocycles. The number of amides is 1. The Morgan fingerprint density at radius 2 is 1.54 bits per heavy atom. The summed E-state index contributed by atoms with van der Waals surface area (Å²) in [5, 5.41) is 2.85. The summed E-state index contributed by atoms with van der Waals surface area (Å²) in [6.45, 7) is 3.85. The van der Waals surface area contributed by atoms with E-state index < -0.39 is 0 Å². The third kappa shape index (κ3) is 3.37. The monoisotopic (exact) mass is 330 g/mol. The number of hydrogen-bond acceptors (Lipinski definition) is 5. The van der Waals surface area contributed by atoms with Crippen LogP contribution in [0, 0.1) is 13.8 Å². The van der Waals surface area contributed by atoms with Crippen LogP contribution in [-0.4, -0.2) is 27.2 Å². The van der Waals surface area contributed by atoms with E-state index in [1.165, 1.54) is 21.3 Å². The van der Waals surface area contributed by atoms with E-state index in [0.717, 1.165) is 11.1 Å². The molecule has 0 unspecified atom stereocenters. The molecule has 6 nitrogen and oxygen atoms in total. The number of nitrogen functional groups attached to an aromatic ring is 1. The molecule has 128 valence electrons. The van der Waals surface area contributed by atoms with Crippen LogP contribution in [0.5, 0.6) is 17.2 Å². The molecular formula is C18H22N2O4. The third-order valence-electron chi connectivity index (χ3n) is 3.68. The van der Waals surface area contributed by atoms with Crippen molar-refractivity contribution in [1.82, 2.24) is 0 Å². The summed E-state index contributed by atoms with van der Waals surface area (Å²) in [5.41, 5.74) is 9.45. The van der Waals surface area contributed by atoms with Crippen molar-refractivity contribution in [3.63, 3.8) is 0 Å². The lowest BCUT2D eigenvalue weighted by atomic mass is 10.1. The summed E-state index contributed by atoms with van der Waals surface area (Å²) in [7, 11) is 4.51. The highest BCUT2D eigenvalue weighted by atomic mass is 16.5. The normalized spacial score (nSPS) is 10.2. The van der Waals surface area contributed by atoms with Crippen molar-refractivity contribution in [2.24, 2.45) is 0 Å². The molecule has 1 amide bonds. The first-order valence-electron chi connectivity index (χ1n) is 7.39. The van der Waals surface area contributed by atoms with Crippen molar-refractivity contribution in [2.75, 3.05) is 32.4 Å². The zero-order valence-electron chi connectivity index (χ0n) is 14.5. The van der Waals surface area contributed by atoms with Gasteiger partial charge in [0, 0.05) is 5.56 Å². The molecule has 0 heterocycles. The number of anilines is 2. The van der Waals surface area contributed by atoms with Gasteiger partial charge in [-0.05, 0) is 43.2 Å². The lowest BCUT2D eigenvalue weighted by Crippen LogP contribution is -2.15. The van der Waals surface area contributed by atoms with Gasteiger partial charge >= 0.3 is 0 Å². The molecule has 24 heavy (non-hydrogen) atoms. The SMILES string of the molecule is COc1cc(C(=O)Nc2c(C)cc(C)cc2N)cc(OC)c1OC. The predicted octanol–water partition coefficient (Wildman–Crippen LogP) is 3.16. The number of carbonyl (C=O) groups excluding carboxylic acids is 1. The second-order valence-electron chi connectivity index (χ2n) is 5.41. The molecule has 2 aromatic carbocycles. The minimum atomic E-state index is -0.312. The molecule has 0 aliphatic carbocycles. The van der Waals surface area contributed by atoms with Gasteiger partial charge in [0.25, 0.3) is 5.91 Å². The summed E-state index contributed by atoms with van der Waals surface area (Å²) in [5.74, 6) is 0.946. The van der Waals surface area contributed by atoms with Crippen molar-refractivity contribution in [2.45, 2.75) is 13.8 Å². The largest absolute Gasteiger partial charge is 0.493 e. The molecule has 0 aliphatic rings. The summed E-state index contributed by atoms with van der Waals surface area (Å²) < 4.78 is 15.8. The molecule has 0 saturated heterocycles. The Labute approximate surface area is 141 Å². The average molecular weight is 330 g/mol. The molecule has 2 rings (SSSR count). The Hall–Kier alpha value is -2.89. The van der Waals surface area contributed by atoms with E-state index in [1.54, 1.807) is 12.1 Å². The van der Waals surface area contributed by atoms with E-state index in [0.29, 0.717) is 34.2 Å². The van der Waals surface area contributed by atoms with Gasteiger partial charge in [0.15, 0.2) is 11.5 Å². The van der Waals surface area contributed by atoms with Gasteiger partial charge in [-0.15, -0.1) is 0 Å². The number of rotatable bonds is 5. The van der Waals surface area contributed by atoms with Crippen LogP contribution in [0.3, 0.4) is 0 Å². The number of carbonyl (C=O) groups is 1. The van der Waals surface area contributed by atoms with Crippen molar-refractivity contribution in [3.05, 3.63) is 41.0 Å². The number of nitrogens with one attached hydrogen (secondary N) is 1. The van der Waals surface area contributed by atoms with Gasteiger partial charge in [-0.25, -0.2) is 0 Å². The van der Waals surface area contributed by atoms with E-state index in [4.69, 9.17) is 19.9 Å². The van der Waals surface area contributed by atoms with Gasteiger partial charge in [0.2, 0.25) is 5.75 Å². The van der Waals surface area contributed by atoms with Gasteiger partial charge < -0.3 is 25.3 Å². The van der Waals surface area contributed by atoms with Crippen LogP contribution < -0.4 is 25.3 Å². The highest BCUT2D eigenvalue weighted by Gasteiger charge is 2.18. The lowest BCUT2D eigenvalue weighted by Gasteiger charge is -2.15. The van der Waals surface area contributed by atoms with E-state index in [2.05, 4.69) is 5.32 Å². The standard InChI is InChI=1S/C18H22N2O4/c1-10-6-11(2)16(13(19)7-10)20-18(21)12-8-14(22-3)17(24-5)15(9-12)23-4/h6-9H,19H2,1-5H3,(H,20,21). The van der Waals surface area contributed by atoms with Crippen LogP contribution in [0.15, 0.2) is 24.3 Å². The maximum Gasteiger partial charge on any atom is 0.256 e. The van der Waals surface area contributed by atoms with Crippen molar-refractivity contribution >= 4 is 17.3 Å². The fraction of sp³-hybridized carbons (Fsp3) is 0.278. The first-order chi connectivity index (χ1) is 11.4. The zero-order chi connectivity index (χ0) is 17.9. The third-order valence-corrected chi connectivity index (χ3v) is 3.68. The van der Waals surface area contributed by atoms with Crippen LogP contribution in [0.1, 0.15) is 21.5 Å². The highest BCUT2D eigenvalue weighted by Crippen LogP contribution is 2.38. The number of benzene rings is 2. The smallest absolute Gasteiger partial charge is 0.256 e. The molecular weight excluding hydrogens is 308 g/mol. The molecule has 0 bridgehead atoms. The maximum absolute atomic E-state index is 12.6. The van der Waals surface area contributed by atoms with E-state index >= 15 is 0 Å². The van der Waals surface area contributed by atoms with Gasteiger partial charge in [-0.3, -0.25) is 4.79 Å². The highest BCUT2D eigenvalue weighted by molar-refractivity contribution is 6.07. The summed E-state index contributed by atoms with van der Waals surface area (Å²) >= 11 is 0. The molecule has 0 aliphatic heterocycles. The van der Waals surface area contributed by atoms with Crippen LogP contribution in [-0.2, 0) is 0 Å². The minimum absolute atomic E-state index is 0.312. The first kappa shape index (κ1) is 17.5. The molecule has 3 N–H and O–H groups in total. The molecule has 0 aromatic heterocycles. The summed E-state index contributed by atoms with van der Waals surface area (Å²) in [6, 6.07) is 6.96. The summed E-state index contributed by atoms with van der Waals surface area (Å²) in [4.78, 5) is 12.6. The molecule has 0 radical (unpaired) electrons. The molecule has 0 atom stereocenters. The fourth-order valence-corrected chi connectivity index (χ4v) is 2.57. The molecule has 2 aromatic rings. The number of ether oxygens (including phenoxy) is 3. The maximum atomic E-state index is 12.6. The minimum Gasteiger partial charge on any atom is -0.493 e. The number of hydrogen-bond donors (Lipinski definition) is 2. The van der Waals surface area contributed by atoms with Crippen molar-refractivity contribution in [3.8, 4) is 17.2 Å². The van der Waals surface area contributed by atoms with Crippen LogP contribution in [0.25, 0.3) is 0 Å². The summed E-state index contributed by atoms with van der Waals surface area (Å²) in [6.07, 6.45) is 0. The van der Waals surface area contributed by atoms with E-state index in [9.17, 15) is 4.79 Å². The number of nitrogens with two attached hydrogens (primary N) is 1. The first-order valence-corrected chi connectivity index (χ1v) is 7.39. The Kier molecular flexibility index (Phi) is 5.18. The Balaban J connectivity index is 2.40. The zero-order valence-corrected chi connectivity index (χ0v) is 14.5. The van der Waals surface area contributed by atoms with Crippen LogP contribution in [0.4, 0.5) is 11.4 Å². The second-order valence-corrected chi connectivity index (χ2v) is 5.41. The van der Waals surface area contributed by atoms with Gasteiger partial charge in [0.05, 0.1) is 32.7 Å². The molecule has 0 spiro atoms. The van der Waals surface area contributed by atoms with E-state index in [1.807, 2.05) is 26.0 Å². The Morgan fingerprint density at radius 1 is 0.958 bits per heavy atom. The molecule has 6 heteroatoms. The topological polar surface area (TPSA) is 82.8 Å². The van der Waals surface area contributed by atoms with Gasteiger partial charge in [0.1, 0.15) is 0 Å². The van der Waals surface area contributed by atoms with Crippen LogP contribution in [0.2, 0.25) is 0 Å². The van der Waals surface area contributed by atoms with Crippen molar-refractivity contribution < 1.29 is 19.0 Å². The van der Waals surface area contributed by atoms with Gasteiger partial charge in [-0.1, -0.05) is 6.07 Å². The fourth-order valence-electron chi connectivity index (χ4n) is 2.57. The van der Waals surface area contributed by atoms with Crippen LogP contribution >= 0.6 is 0 Å². The van der Waals surface area contributed by atoms with E-state index in [-0.39, 0.29) is 5.91 Å². The number of aryl methyl sites for hydroxylation is 2. The van der Waals surface area contributed by atoms with Crippen molar-refractivity contribution in [1.29, 1.82) is 0 Å². The predicted molar refractivity (Wildman–Crippen MR) is 94.4 cm³/mol.